The van der Waals surface area contributed by atoms with Crippen LogP contribution >= 0.6 is 0 Å². The monoisotopic (exact) mass is 811 g/mol. The van der Waals surface area contributed by atoms with Gasteiger partial charge in [0.1, 0.15) is 11.5 Å². The molecule has 4 heterocycles. The maximum absolute atomic E-state index is 6.59. The molecule has 0 amide bonds. The molecule has 9 rings (SSSR count). The van der Waals surface area contributed by atoms with E-state index in [0.717, 1.165) is 67.5 Å². The van der Waals surface area contributed by atoms with E-state index in [1.807, 2.05) is 79.0 Å². The number of aromatic nitrogens is 2. The van der Waals surface area contributed by atoms with E-state index < -0.39 is 0 Å². The average molecular weight is 811 g/mol. The molecule has 0 bridgehead atoms. The molecule has 0 saturated carbocycles. The first-order valence-electron chi connectivity index (χ1n) is 16.1. The van der Waals surface area contributed by atoms with Gasteiger partial charge in [-0.25, -0.2) is 0 Å². The summed E-state index contributed by atoms with van der Waals surface area (Å²) < 4.78 is 12.9. The Kier molecular flexibility index (Phi) is 9.01. The number of hydrogen-bond acceptors (Lipinski definition) is 4. The second-order valence-electron chi connectivity index (χ2n) is 12.2. The van der Waals surface area contributed by atoms with Crippen LogP contribution in [-0.2, 0) is 20.1 Å². The topological polar surface area (TPSA) is 44.2 Å². The summed E-state index contributed by atoms with van der Waals surface area (Å²) in [6.45, 7) is 6.43. The van der Waals surface area contributed by atoms with E-state index in [0.29, 0.717) is 0 Å². The third kappa shape index (κ3) is 6.10. The van der Waals surface area contributed by atoms with Crippen molar-refractivity contribution in [2.45, 2.75) is 20.8 Å². The maximum Gasteiger partial charge on any atom is 0.239 e. The predicted molar refractivity (Wildman–Crippen MR) is 194 cm³/mol. The molecule has 0 saturated heterocycles. The van der Waals surface area contributed by atoms with Crippen molar-refractivity contribution in [2.24, 2.45) is 0 Å². The largest absolute Gasteiger partial charge is 0.503 e. The Hall–Kier alpha value is -5.29. The molecule has 0 atom stereocenters. The molecular weight excluding hydrogens is 780 g/mol. The van der Waals surface area contributed by atoms with Crippen molar-refractivity contribution < 1.29 is 29.6 Å². The minimum absolute atomic E-state index is 0. The minimum Gasteiger partial charge on any atom is -0.503 e. The van der Waals surface area contributed by atoms with Crippen molar-refractivity contribution in [3.05, 3.63) is 163 Å². The Morgan fingerprint density at radius 3 is 2.06 bits per heavy atom. The first-order chi connectivity index (χ1) is 23.5. The number of rotatable bonds is 3. The van der Waals surface area contributed by atoms with Gasteiger partial charge in [-0.15, -0.1) is 48.0 Å². The Labute approximate surface area is 301 Å². The molecule has 0 fully saturated rings. The summed E-state index contributed by atoms with van der Waals surface area (Å²) in [6.07, 6.45) is 3.74. The fourth-order valence-electron chi connectivity index (χ4n) is 6.65. The molecule has 7 aromatic rings. The predicted octanol–water partition coefficient (Wildman–Crippen LogP) is 8.41. The van der Waals surface area contributed by atoms with Gasteiger partial charge in [0, 0.05) is 44.0 Å². The van der Waals surface area contributed by atoms with Crippen LogP contribution in [0.15, 0.2) is 134 Å². The number of ether oxygens (including phenoxy) is 2. The minimum atomic E-state index is 0. The smallest absolute Gasteiger partial charge is 0.239 e. The molecule has 0 aliphatic carbocycles. The van der Waals surface area contributed by atoms with Crippen LogP contribution < -0.4 is 25.9 Å². The summed E-state index contributed by atoms with van der Waals surface area (Å²) in [5.74, 6) is 3.30. The second-order valence-corrected chi connectivity index (χ2v) is 12.2. The van der Waals surface area contributed by atoms with Crippen molar-refractivity contribution in [3.8, 4) is 56.6 Å². The van der Waals surface area contributed by atoms with Gasteiger partial charge in [0.2, 0.25) is 6.71 Å². The molecule has 2 aliphatic rings. The number of nitrogens with zero attached hydrogens (tertiary/aromatic N) is 2. The van der Waals surface area contributed by atoms with Crippen molar-refractivity contribution in [1.82, 2.24) is 9.97 Å². The number of para-hydroxylation sites is 2. The molecule has 5 aromatic carbocycles. The van der Waals surface area contributed by atoms with E-state index in [-0.39, 0.29) is 26.8 Å². The van der Waals surface area contributed by atoms with Crippen LogP contribution in [0.4, 0.5) is 0 Å². The number of hydrogen-bond donors (Lipinski definition) is 0. The molecule has 2 aliphatic heterocycles. The first kappa shape index (κ1) is 32.3. The zero-order valence-electron chi connectivity index (χ0n) is 27.3. The third-order valence-electron chi connectivity index (χ3n) is 8.95. The summed E-state index contributed by atoms with van der Waals surface area (Å²) in [5.41, 5.74) is 13.1. The van der Waals surface area contributed by atoms with E-state index in [4.69, 9.17) is 14.5 Å². The van der Waals surface area contributed by atoms with Crippen molar-refractivity contribution in [2.75, 3.05) is 0 Å². The number of fused-ring (bicyclic) bond motifs is 4. The van der Waals surface area contributed by atoms with Crippen LogP contribution in [0, 0.1) is 32.9 Å². The molecule has 0 N–H and O–H groups in total. The van der Waals surface area contributed by atoms with E-state index >= 15 is 0 Å². The number of benzene rings is 5. The summed E-state index contributed by atoms with van der Waals surface area (Å²) in [5, 5.41) is 0. The van der Waals surface area contributed by atoms with E-state index in [2.05, 4.69) is 86.4 Å². The summed E-state index contributed by atoms with van der Waals surface area (Å²) >= 11 is 0. The molecule has 0 spiro atoms. The van der Waals surface area contributed by atoms with Gasteiger partial charge >= 0.3 is 0 Å². The molecule has 2 aromatic heterocycles. The van der Waals surface area contributed by atoms with Gasteiger partial charge in [-0.2, -0.15) is 0 Å². The van der Waals surface area contributed by atoms with Crippen LogP contribution in [0.3, 0.4) is 0 Å². The van der Waals surface area contributed by atoms with Gasteiger partial charge in [0.05, 0.1) is 0 Å². The van der Waals surface area contributed by atoms with E-state index in [1.54, 1.807) is 6.20 Å². The van der Waals surface area contributed by atoms with Crippen molar-refractivity contribution in [3.63, 3.8) is 0 Å². The molecule has 6 heteroatoms. The van der Waals surface area contributed by atoms with Crippen molar-refractivity contribution >= 4 is 23.1 Å². The SMILES string of the molecule is Cc1ccc(-c2cc(-c3[c-]cc4c5c3Oc3ccccc3B5c3ccccc3O4)ncc2C)c(C)c1.[Ir].[c-]1ccccc1-c1ccccn1. The van der Waals surface area contributed by atoms with Crippen LogP contribution in [0.5, 0.6) is 23.0 Å². The maximum atomic E-state index is 6.59. The van der Waals surface area contributed by atoms with Gasteiger partial charge in [-0.1, -0.05) is 89.4 Å². The Morgan fingerprint density at radius 2 is 1.35 bits per heavy atom. The van der Waals surface area contributed by atoms with Crippen molar-refractivity contribution in [1.29, 1.82) is 0 Å². The number of pyridine rings is 2. The zero-order valence-corrected chi connectivity index (χ0v) is 29.7. The van der Waals surface area contributed by atoms with Gasteiger partial charge in [0.15, 0.2) is 0 Å². The Balaban J connectivity index is 0.000000246. The average Bonchev–Trinajstić information content (AvgIpc) is 3.13. The van der Waals surface area contributed by atoms with E-state index in [9.17, 15) is 0 Å². The molecule has 1 radical (unpaired) electrons. The van der Waals surface area contributed by atoms with Crippen LogP contribution in [0.25, 0.3) is 33.6 Å². The van der Waals surface area contributed by atoms with Crippen LogP contribution in [-0.4, -0.2) is 16.7 Å². The van der Waals surface area contributed by atoms with Gasteiger partial charge < -0.3 is 19.4 Å². The quantitative estimate of drug-likeness (QED) is 0.133. The fourth-order valence-corrected chi connectivity index (χ4v) is 6.65. The number of aryl methyl sites for hydroxylation is 3. The normalized spacial score (nSPS) is 11.7. The van der Waals surface area contributed by atoms with Crippen LogP contribution in [0.1, 0.15) is 16.7 Å². The summed E-state index contributed by atoms with van der Waals surface area (Å²) in [7, 11) is 0. The third-order valence-corrected chi connectivity index (χ3v) is 8.95. The molecule has 4 nitrogen and oxygen atoms in total. The first-order valence-corrected chi connectivity index (χ1v) is 16.1. The van der Waals surface area contributed by atoms with Gasteiger partial charge in [-0.05, 0) is 83.5 Å². The molecule has 0 unspecified atom stereocenters. The van der Waals surface area contributed by atoms with E-state index in [1.165, 1.54) is 22.3 Å². The Bertz CT molecular complexity index is 2240. The molecule has 49 heavy (non-hydrogen) atoms. The van der Waals surface area contributed by atoms with Gasteiger partial charge in [0.25, 0.3) is 0 Å². The standard InChI is InChI=1S/C32H23BNO2.C11H8N.Ir/c1-19-12-13-22(20(2)16-19)24-17-27(34-18-21(24)3)23-14-15-30-31-32(23)36-29-11-7-5-9-26(29)33(31)25-8-4-6-10-28(25)35-30;1-2-6-10(7-3-1)11-8-4-5-9-12-11;/h4-13,15-18H,1-3H3;1-6,8-9H;/q2*-1;. The molecular formula is C43H31BIrN2O2-2. The summed E-state index contributed by atoms with van der Waals surface area (Å²) in [4.78, 5) is 9.05. The van der Waals surface area contributed by atoms with Crippen LogP contribution in [0.2, 0.25) is 0 Å². The fraction of sp³-hybridized carbons (Fsp3) is 0.0698. The van der Waals surface area contributed by atoms with Gasteiger partial charge in [-0.3, -0.25) is 0 Å². The zero-order chi connectivity index (χ0) is 32.6. The summed E-state index contributed by atoms with van der Waals surface area (Å²) in [6, 6.07) is 47.5. The molecule has 239 valence electrons. The Morgan fingerprint density at radius 1 is 0.612 bits per heavy atom. The second kappa shape index (κ2) is 13.7.